The van der Waals surface area contributed by atoms with Crippen molar-refractivity contribution in [2.24, 2.45) is 0 Å². The van der Waals surface area contributed by atoms with Crippen LogP contribution >= 0.6 is 0 Å². The monoisotopic (exact) mass is 348 g/mol. The molecule has 26 heavy (non-hydrogen) atoms. The van der Waals surface area contributed by atoms with Gasteiger partial charge in [0, 0.05) is 18.1 Å². The van der Waals surface area contributed by atoms with Gasteiger partial charge in [-0.25, -0.2) is 0 Å². The zero-order chi connectivity index (χ0) is 18.3. The van der Waals surface area contributed by atoms with E-state index in [1.54, 1.807) is 31.4 Å². The minimum Gasteiger partial charge on any atom is -0.508 e. The lowest BCUT2D eigenvalue weighted by atomic mass is 9.83. The molecule has 132 valence electrons. The van der Waals surface area contributed by atoms with Gasteiger partial charge in [-0.1, -0.05) is 12.1 Å². The Bertz CT molecular complexity index is 957. The Morgan fingerprint density at radius 1 is 0.846 bits per heavy atom. The number of rotatable bonds is 3. The van der Waals surface area contributed by atoms with Crippen molar-refractivity contribution < 1.29 is 20.1 Å². The molecule has 0 bridgehead atoms. The number of hydrogen-bond donors (Lipinski definition) is 3. The number of hydrogen-bond acceptors (Lipinski definition) is 4. The number of phenolic OH excluding ortho intramolecular Hbond substituents is 3. The van der Waals surface area contributed by atoms with Crippen LogP contribution < -0.4 is 4.74 Å². The minimum absolute atomic E-state index is 0.201. The molecular weight excluding hydrogens is 328 g/mol. The fourth-order valence-electron chi connectivity index (χ4n) is 3.68. The van der Waals surface area contributed by atoms with Gasteiger partial charge < -0.3 is 20.1 Å². The molecular formula is C22H20O4. The molecule has 1 aliphatic rings. The van der Waals surface area contributed by atoms with E-state index < -0.39 is 0 Å². The Morgan fingerprint density at radius 3 is 2.31 bits per heavy atom. The van der Waals surface area contributed by atoms with E-state index in [0.717, 1.165) is 46.2 Å². The average Bonchev–Trinajstić information content (AvgIpc) is 2.63. The molecule has 0 spiro atoms. The number of aryl methyl sites for hydroxylation is 2. The first-order chi connectivity index (χ1) is 12.5. The van der Waals surface area contributed by atoms with Crippen molar-refractivity contribution >= 4 is 0 Å². The molecule has 4 nitrogen and oxygen atoms in total. The van der Waals surface area contributed by atoms with Gasteiger partial charge in [-0.15, -0.1) is 0 Å². The molecule has 4 rings (SSSR count). The van der Waals surface area contributed by atoms with Gasteiger partial charge in [0.05, 0.1) is 7.11 Å². The first-order valence-electron chi connectivity index (χ1n) is 8.58. The Balaban J connectivity index is 1.82. The molecule has 4 heteroatoms. The summed E-state index contributed by atoms with van der Waals surface area (Å²) in [7, 11) is 1.60. The van der Waals surface area contributed by atoms with Crippen LogP contribution in [0.2, 0.25) is 0 Å². The maximum absolute atomic E-state index is 10.5. The zero-order valence-corrected chi connectivity index (χ0v) is 14.5. The van der Waals surface area contributed by atoms with Crippen LogP contribution in [0.3, 0.4) is 0 Å². The molecule has 3 aromatic carbocycles. The van der Waals surface area contributed by atoms with Gasteiger partial charge in [-0.3, -0.25) is 0 Å². The van der Waals surface area contributed by atoms with Crippen molar-refractivity contribution in [3.8, 4) is 34.1 Å². The zero-order valence-electron chi connectivity index (χ0n) is 14.5. The minimum atomic E-state index is 0.201. The number of aromatic hydroxyl groups is 3. The van der Waals surface area contributed by atoms with Gasteiger partial charge in [0.2, 0.25) is 0 Å². The predicted molar refractivity (Wildman–Crippen MR) is 100 cm³/mol. The number of ether oxygens (including phenoxy) is 1. The van der Waals surface area contributed by atoms with Crippen LogP contribution in [0.25, 0.3) is 11.1 Å². The van der Waals surface area contributed by atoms with Crippen molar-refractivity contribution in [1.82, 2.24) is 0 Å². The number of phenols is 3. The smallest absolute Gasteiger partial charge is 0.130 e. The number of methoxy groups -OCH3 is 1. The van der Waals surface area contributed by atoms with E-state index in [-0.39, 0.29) is 17.2 Å². The molecule has 0 aromatic heterocycles. The highest BCUT2D eigenvalue weighted by Crippen LogP contribution is 2.44. The van der Waals surface area contributed by atoms with Crippen LogP contribution in [-0.2, 0) is 19.3 Å². The van der Waals surface area contributed by atoms with Gasteiger partial charge in [-0.2, -0.15) is 0 Å². The van der Waals surface area contributed by atoms with Crippen LogP contribution in [0, 0.1) is 0 Å². The molecule has 0 aliphatic heterocycles. The van der Waals surface area contributed by atoms with Gasteiger partial charge in [0.15, 0.2) is 0 Å². The maximum atomic E-state index is 10.5. The van der Waals surface area contributed by atoms with E-state index in [0.29, 0.717) is 12.2 Å². The molecule has 0 atom stereocenters. The van der Waals surface area contributed by atoms with E-state index in [1.165, 1.54) is 0 Å². The molecule has 0 saturated carbocycles. The molecule has 3 N–H and O–H groups in total. The summed E-state index contributed by atoms with van der Waals surface area (Å²) in [6, 6.07) is 14.2. The lowest BCUT2D eigenvalue weighted by molar-refractivity contribution is 0.408. The highest BCUT2D eigenvalue weighted by atomic mass is 16.5. The van der Waals surface area contributed by atoms with Gasteiger partial charge >= 0.3 is 0 Å². The third-order valence-corrected chi connectivity index (χ3v) is 4.96. The van der Waals surface area contributed by atoms with Crippen LogP contribution in [-0.4, -0.2) is 22.4 Å². The Labute approximate surface area is 151 Å². The van der Waals surface area contributed by atoms with Crippen molar-refractivity contribution in [3.63, 3.8) is 0 Å². The topological polar surface area (TPSA) is 69.9 Å². The summed E-state index contributed by atoms with van der Waals surface area (Å²) >= 11 is 0. The second-order valence-corrected chi connectivity index (χ2v) is 6.66. The predicted octanol–water partition coefficient (Wildman–Crippen LogP) is 4.17. The molecule has 0 saturated heterocycles. The third kappa shape index (κ3) is 2.84. The number of benzene rings is 3. The first-order valence-corrected chi connectivity index (χ1v) is 8.58. The summed E-state index contributed by atoms with van der Waals surface area (Å²) in [5, 5.41) is 29.8. The van der Waals surface area contributed by atoms with E-state index in [9.17, 15) is 15.3 Å². The highest BCUT2D eigenvalue weighted by Gasteiger charge is 2.23. The quantitative estimate of drug-likeness (QED) is 0.664. The van der Waals surface area contributed by atoms with Crippen molar-refractivity contribution in [2.75, 3.05) is 7.11 Å². The Hall–Kier alpha value is -3.14. The lowest BCUT2D eigenvalue weighted by Crippen LogP contribution is -2.06. The largest absolute Gasteiger partial charge is 0.508 e. The fourth-order valence-corrected chi connectivity index (χ4v) is 3.68. The first kappa shape index (κ1) is 16.3. The summed E-state index contributed by atoms with van der Waals surface area (Å²) in [5.41, 5.74) is 5.97. The van der Waals surface area contributed by atoms with Crippen molar-refractivity contribution in [1.29, 1.82) is 0 Å². The molecule has 0 unspecified atom stereocenters. The summed E-state index contributed by atoms with van der Waals surface area (Å²) in [5.74, 6) is 1.34. The molecule has 0 radical (unpaired) electrons. The van der Waals surface area contributed by atoms with E-state index in [1.807, 2.05) is 24.3 Å². The Kier molecular flexibility index (Phi) is 3.96. The third-order valence-electron chi connectivity index (χ3n) is 4.96. The van der Waals surface area contributed by atoms with Gasteiger partial charge in [0.25, 0.3) is 0 Å². The summed E-state index contributed by atoms with van der Waals surface area (Å²) < 4.78 is 5.50. The van der Waals surface area contributed by atoms with E-state index >= 15 is 0 Å². The normalized spacial score (nSPS) is 12.3. The van der Waals surface area contributed by atoms with E-state index in [4.69, 9.17) is 4.74 Å². The van der Waals surface area contributed by atoms with Crippen LogP contribution in [0.15, 0.2) is 48.5 Å². The second kappa shape index (κ2) is 6.30. The maximum Gasteiger partial charge on any atom is 0.130 e. The molecule has 1 aliphatic carbocycles. The van der Waals surface area contributed by atoms with Gasteiger partial charge in [-0.05, 0) is 71.0 Å². The van der Waals surface area contributed by atoms with Crippen molar-refractivity contribution in [2.45, 2.75) is 19.3 Å². The standard InChI is InChI=1S/C22H20O4/c1-26-21-12-18(24)9-15-5-4-14-11-20(25)16(10-19(14)22(15)21)8-13-2-6-17(23)7-3-13/h2-3,6-7,9-12,23-25H,4-5,8H2,1H3. The molecule has 0 heterocycles. The van der Waals surface area contributed by atoms with Crippen LogP contribution in [0.1, 0.15) is 22.3 Å². The SMILES string of the molecule is COc1cc(O)cc2c1-c1cc(Cc3ccc(O)cc3)c(O)cc1CC2. The van der Waals surface area contributed by atoms with E-state index in [2.05, 4.69) is 0 Å². The van der Waals surface area contributed by atoms with Crippen LogP contribution in [0.5, 0.6) is 23.0 Å². The van der Waals surface area contributed by atoms with Crippen molar-refractivity contribution in [3.05, 3.63) is 70.8 Å². The second-order valence-electron chi connectivity index (χ2n) is 6.66. The lowest BCUT2D eigenvalue weighted by Gasteiger charge is -2.24. The average molecular weight is 348 g/mol. The molecule has 0 fully saturated rings. The van der Waals surface area contributed by atoms with Crippen LogP contribution in [0.4, 0.5) is 0 Å². The fraction of sp³-hybridized carbons (Fsp3) is 0.182. The summed E-state index contributed by atoms with van der Waals surface area (Å²) in [6.45, 7) is 0. The summed E-state index contributed by atoms with van der Waals surface area (Å²) in [6.07, 6.45) is 2.17. The van der Waals surface area contributed by atoms with Gasteiger partial charge in [0.1, 0.15) is 23.0 Å². The summed E-state index contributed by atoms with van der Waals surface area (Å²) in [4.78, 5) is 0. The molecule has 3 aromatic rings. The highest BCUT2D eigenvalue weighted by molar-refractivity contribution is 5.81. The molecule has 0 amide bonds. The Morgan fingerprint density at radius 2 is 1.58 bits per heavy atom. The number of fused-ring (bicyclic) bond motifs is 3.